The molecule has 19 heavy (non-hydrogen) atoms. The molecule has 3 N–H and O–H groups in total. The van der Waals surface area contributed by atoms with E-state index in [1.807, 2.05) is 6.07 Å². The Morgan fingerprint density at radius 2 is 1.84 bits per heavy atom. The van der Waals surface area contributed by atoms with Crippen LogP contribution in [-0.4, -0.2) is 15.0 Å². The summed E-state index contributed by atoms with van der Waals surface area (Å²) in [6, 6.07) is 5.27. The van der Waals surface area contributed by atoms with Gasteiger partial charge in [-0.2, -0.15) is 0 Å². The molecule has 108 valence electrons. The summed E-state index contributed by atoms with van der Waals surface area (Å²) in [6.07, 6.45) is 6.07. The van der Waals surface area contributed by atoms with Crippen LogP contribution in [0.5, 0.6) is 0 Å². The quantitative estimate of drug-likeness (QED) is 0.721. The normalized spacial score (nSPS) is 11.5. The van der Waals surface area contributed by atoms with E-state index in [1.54, 1.807) is 19.1 Å². The zero-order valence-corrected chi connectivity index (χ0v) is 12.6. The fraction of sp³-hybridized carbons (Fsp3) is 0.571. The number of hydrogen-bond donors (Lipinski definition) is 2. The molecular formula is C14H24N2O2S. The first kappa shape index (κ1) is 16.0. The zero-order valence-electron chi connectivity index (χ0n) is 11.8. The summed E-state index contributed by atoms with van der Waals surface area (Å²) >= 11 is 0. The Bertz CT molecular complexity index is 498. The molecule has 0 saturated carbocycles. The minimum atomic E-state index is -3.64. The maximum Gasteiger partial charge on any atom is 0.238 e. The average molecular weight is 284 g/mol. The van der Waals surface area contributed by atoms with Crippen molar-refractivity contribution in [2.75, 3.05) is 11.9 Å². The van der Waals surface area contributed by atoms with Crippen molar-refractivity contribution in [3.8, 4) is 0 Å². The number of hydrogen-bond acceptors (Lipinski definition) is 3. The lowest BCUT2D eigenvalue weighted by atomic mass is 10.1. The van der Waals surface area contributed by atoms with Crippen molar-refractivity contribution in [2.24, 2.45) is 5.14 Å². The molecule has 1 aromatic rings. The van der Waals surface area contributed by atoms with Gasteiger partial charge in [-0.05, 0) is 31.0 Å². The van der Waals surface area contributed by atoms with Gasteiger partial charge in [0.25, 0.3) is 0 Å². The molecular weight excluding hydrogens is 260 g/mol. The van der Waals surface area contributed by atoms with Crippen LogP contribution in [0.15, 0.2) is 23.1 Å². The summed E-state index contributed by atoms with van der Waals surface area (Å²) in [7, 11) is -3.64. The molecule has 0 atom stereocenters. The van der Waals surface area contributed by atoms with Gasteiger partial charge in [0.2, 0.25) is 10.0 Å². The third kappa shape index (κ3) is 5.61. The Balaban J connectivity index is 2.52. The fourth-order valence-electron chi connectivity index (χ4n) is 1.98. The molecule has 0 amide bonds. The largest absolute Gasteiger partial charge is 0.385 e. The molecule has 0 aliphatic carbocycles. The number of nitrogens with one attached hydrogen (secondary N) is 1. The Labute approximate surface area is 116 Å². The van der Waals surface area contributed by atoms with Crippen LogP contribution in [0.4, 0.5) is 5.69 Å². The summed E-state index contributed by atoms with van der Waals surface area (Å²) in [5.74, 6) is 0. The molecule has 0 aliphatic rings. The number of sulfonamides is 1. The molecule has 0 aromatic heterocycles. The lowest BCUT2D eigenvalue weighted by Crippen LogP contribution is -2.14. The highest BCUT2D eigenvalue weighted by atomic mass is 32.2. The maximum absolute atomic E-state index is 11.4. The monoisotopic (exact) mass is 284 g/mol. The molecule has 5 heteroatoms. The standard InChI is InChI=1S/C14H24N2O2S/c1-3-4-5-6-7-10-16-13-9-8-12(2)14(11-13)19(15,17)18/h8-9,11,16H,3-7,10H2,1-2H3,(H2,15,17,18). The maximum atomic E-state index is 11.4. The van der Waals surface area contributed by atoms with Gasteiger partial charge in [-0.1, -0.05) is 38.7 Å². The summed E-state index contributed by atoms with van der Waals surface area (Å²) < 4.78 is 22.8. The SMILES string of the molecule is CCCCCCCNc1ccc(C)c(S(N)(=O)=O)c1. The van der Waals surface area contributed by atoms with E-state index in [1.165, 1.54) is 25.7 Å². The van der Waals surface area contributed by atoms with E-state index in [-0.39, 0.29) is 4.90 Å². The predicted molar refractivity (Wildman–Crippen MR) is 79.8 cm³/mol. The second kappa shape index (κ2) is 7.50. The minimum Gasteiger partial charge on any atom is -0.385 e. The number of anilines is 1. The van der Waals surface area contributed by atoms with E-state index in [4.69, 9.17) is 5.14 Å². The van der Waals surface area contributed by atoms with Gasteiger partial charge in [-0.3, -0.25) is 0 Å². The molecule has 1 aromatic carbocycles. The van der Waals surface area contributed by atoms with Gasteiger partial charge in [0.05, 0.1) is 4.90 Å². The van der Waals surface area contributed by atoms with Crippen LogP contribution in [-0.2, 0) is 10.0 Å². The topological polar surface area (TPSA) is 72.2 Å². The zero-order chi connectivity index (χ0) is 14.3. The lowest BCUT2D eigenvalue weighted by molar-refractivity contribution is 0.597. The molecule has 0 saturated heterocycles. The number of rotatable bonds is 8. The van der Waals surface area contributed by atoms with E-state index in [0.29, 0.717) is 5.56 Å². The molecule has 0 radical (unpaired) electrons. The van der Waals surface area contributed by atoms with Crippen LogP contribution in [0.1, 0.15) is 44.6 Å². The van der Waals surface area contributed by atoms with Gasteiger partial charge >= 0.3 is 0 Å². The molecule has 0 aliphatic heterocycles. The predicted octanol–water partition coefficient (Wildman–Crippen LogP) is 3.02. The molecule has 1 rings (SSSR count). The van der Waals surface area contributed by atoms with E-state index >= 15 is 0 Å². The fourth-order valence-corrected chi connectivity index (χ4v) is 2.79. The van der Waals surface area contributed by atoms with Gasteiger partial charge in [-0.15, -0.1) is 0 Å². The molecule has 0 heterocycles. The highest BCUT2D eigenvalue weighted by molar-refractivity contribution is 7.89. The summed E-state index contributed by atoms with van der Waals surface area (Å²) in [5, 5.41) is 8.42. The van der Waals surface area contributed by atoms with Crippen LogP contribution in [0, 0.1) is 6.92 Å². The Morgan fingerprint density at radius 1 is 1.16 bits per heavy atom. The van der Waals surface area contributed by atoms with E-state index in [0.717, 1.165) is 18.7 Å². The smallest absolute Gasteiger partial charge is 0.238 e. The minimum absolute atomic E-state index is 0.198. The molecule has 0 fully saturated rings. The second-order valence-corrected chi connectivity index (χ2v) is 6.40. The number of aryl methyl sites for hydroxylation is 1. The summed E-state index contributed by atoms with van der Waals surface area (Å²) in [4.78, 5) is 0.198. The first-order valence-corrected chi connectivity index (χ1v) is 8.37. The number of primary sulfonamides is 1. The summed E-state index contributed by atoms with van der Waals surface area (Å²) in [6.45, 7) is 4.80. The highest BCUT2D eigenvalue weighted by Crippen LogP contribution is 2.19. The molecule has 4 nitrogen and oxygen atoms in total. The Hall–Kier alpha value is -1.07. The highest BCUT2D eigenvalue weighted by Gasteiger charge is 2.11. The second-order valence-electron chi connectivity index (χ2n) is 4.87. The van der Waals surface area contributed by atoms with E-state index in [2.05, 4.69) is 12.2 Å². The van der Waals surface area contributed by atoms with Crippen molar-refractivity contribution in [1.82, 2.24) is 0 Å². The van der Waals surface area contributed by atoms with Gasteiger partial charge in [-0.25, -0.2) is 13.6 Å². The van der Waals surface area contributed by atoms with Crippen molar-refractivity contribution in [3.63, 3.8) is 0 Å². The van der Waals surface area contributed by atoms with Crippen LogP contribution >= 0.6 is 0 Å². The third-order valence-corrected chi connectivity index (χ3v) is 4.16. The van der Waals surface area contributed by atoms with Gasteiger partial charge < -0.3 is 5.32 Å². The first-order valence-electron chi connectivity index (χ1n) is 6.82. The van der Waals surface area contributed by atoms with Crippen molar-refractivity contribution >= 4 is 15.7 Å². The van der Waals surface area contributed by atoms with Crippen molar-refractivity contribution in [2.45, 2.75) is 50.8 Å². The van der Waals surface area contributed by atoms with Crippen molar-refractivity contribution in [3.05, 3.63) is 23.8 Å². The van der Waals surface area contributed by atoms with Gasteiger partial charge in [0, 0.05) is 12.2 Å². The van der Waals surface area contributed by atoms with Gasteiger partial charge in [0.15, 0.2) is 0 Å². The van der Waals surface area contributed by atoms with E-state index in [9.17, 15) is 8.42 Å². The van der Waals surface area contributed by atoms with Crippen molar-refractivity contribution in [1.29, 1.82) is 0 Å². The first-order chi connectivity index (χ1) is 8.95. The average Bonchev–Trinajstić information content (AvgIpc) is 2.34. The number of nitrogens with two attached hydrogens (primary N) is 1. The molecule has 0 bridgehead atoms. The van der Waals surface area contributed by atoms with Crippen molar-refractivity contribution < 1.29 is 8.42 Å². The Kier molecular flexibility index (Phi) is 6.31. The molecule has 0 unspecified atom stereocenters. The molecule has 0 spiro atoms. The summed E-state index contributed by atoms with van der Waals surface area (Å²) in [5.41, 5.74) is 1.49. The number of unbranched alkanes of at least 4 members (excludes halogenated alkanes) is 4. The van der Waals surface area contributed by atoms with E-state index < -0.39 is 10.0 Å². The Morgan fingerprint density at radius 3 is 2.47 bits per heavy atom. The van der Waals surface area contributed by atoms with Crippen LogP contribution in [0.2, 0.25) is 0 Å². The van der Waals surface area contributed by atoms with Crippen LogP contribution in [0.25, 0.3) is 0 Å². The van der Waals surface area contributed by atoms with Crippen LogP contribution in [0.3, 0.4) is 0 Å². The van der Waals surface area contributed by atoms with Crippen LogP contribution < -0.4 is 10.5 Å². The number of benzene rings is 1. The van der Waals surface area contributed by atoms with Gasteiger partial charge in [0.1, 0.15) is 0 Å². The third-order valence-electron chi connectivity index (χ3n) is 3.10. The lowest BCUT2D eigenvalue weighted by Gasteiger charge is -2.09.